The van der Waals surface area contributed by atoms with E-state index >= 15 is 0 Å². The second-order valence-corrected chi connectivity index (χ2v) is 5.49. The maximum atomic E-state index is 11.8. The number of carbonyl (C=O) groups is 1. The summed E-state index contributed by atoms with van der Waals surface area (Å²) in [6.07, 6.45) is 0.722. The first-order valence-electron chi connectivity index (χ1n) is 7.14. The van der Waals surface area contributed by atoms with Crippen LogP contribution in [-0.2, 0) is 11.2 Å². The Balaban J connectivity index is 2.32. The quantitative estimate of drug-likeness (QED) is 0.566. The van der Waals surface area contributed by atoms with Gasteiger partial charge in [0.1, 0.15) is 0 Å². The molecule has 1 atom stereocenters. The summed E-state index contributed by atoms with van der Waals surface area (Å²) in [5.74, 6) is 0.425. The fourth-order valence-electron chi connectivity index (χ4n) is 1.77. The van der Waals surface area contributed by atoms with Crippen LogP contribution in [0.25, 0.3) is 0 Å². The Kier molecular flexibility index (Phi) is 6.81. The molecule has 0 aromatic heterocycles. The van der Waals surface area contributed by atoms with Gasteiger partial charge in [-0.05, 0) is 31.4 Å². The maximum absolute atomic E-state index is 11.8. The van der Waals surface area contributed by atoms with Crippen molar-refractivity contribution in [3.05, 3.63) is 39.9 Å². The summed E-state index contributed by atoms with van der Waals surface area (Å²) in [7, 11) is 0. The van der Waals surface area contributed by atoms with Crippen LogP contribution in [0.1, 0.15) is 26.3 Å². The summed E-state index contributed by atoms with van der Waals surface area (Å²) in [5, 5.41) is 16.6. The van der Waals surface area contributed by atoms with E-state index in [0.717, 1.165) is 12.0 Å². The highest BCUT2D eigenvalue weighted by atomic mass is 16.6. The molecule has 0 bridgehead atoms. The third-order valence-electron chi connectivity index (χ3n) is 3.09. The van der Waals surface area contributed by atoms with Gasteiger partial charge in [-0.2, -0.15) is 0 Å². The molecule has 21 heavy (non-hydrogen) atoms. The second kappa shape index (κ2) is 8.36. The standard InChI is InChI=1S/C15H23N3O3/c1-11(2)10-17-15(19)12(3)16-9-8-13-4-6-14(7-5-13)18(20)21/h4-7,11-12,16H,8-10H2,1-3H3,(H,17,19). The molecule has 0 aliphatic rings. The third kappa shape index (κ3) is 6.35. The predicted octanol–water partition coefficient (Wildman–Crippen LogP) is 1.89. The number of carbonyl (C=O) groups excluding carboxylic acids is 1. The molecule has 2 N–H and O–H groups in total. The van der Waals surface area contributed by atoms with Gasteiger partial charge < -0.3 is 10.6 Å². The van der Waals surface area contributed by atoms with Gasteiger partial charge in [-0.25, -0.2) is 0 Å². The number of benzene rings is 1. The van der Waals surface area contributed by atoms with Gasteiger partial charge in [-0.15, -0.1) is 0 Å². The summed E-state index contributed by atoms with van der Waals surface area (Å²) in [5.41, 5.74) is 1.09. The summed E-state index contributed by atoms with van der Waals surface area (Å²) >= 11 is 0. The molecule has 1 aromatic rings. The van der Waals surface area contributed by atoms with Gasteiger partial charge in [0.2, 0.25) is 5.91 Å². The first-order valence-corrected chi connectivity index (χ1v) is 7.14. The monoisotopic (exact) mass is 293 g/mol. The van der Waals surface area contributed by atoms with Crippen LogP contribution in [0, 0.1) is 16.0 Å². The minimum absolute atomic E-state index is 0.00704. The van der Waals surface area contributed by atoms with Crippen molar-refractivity contribution in [3.8, 4) is 0 Å². The van der Waals surface area contributed by atoms with E-state index in [4.69, 9.17) is 0 Å². The van der Waals surface area contributed by atoms with Crippen LogP contribution < -0.4 is 10.6 Å². The average molecular weight is 293 g/mol. The Morgan fingerprint density at radius 3 is 2.38 bits per heavy atom. The van der Waals surface area contributed by atoms with Crippen molar-refractivity contribution in [3.63, 3.8) is 0 Å². The largest absolute Gasteiger partial charge is 0.354 e. The molecule has 6 heteroatoms. The lowest BCUT2D eigenvalue weighted by molar-refractivity contribution is -0.384. The van der Waals surface area contributed by atoms with Gasteiger partial charge in [0, 0.05) is 18.7 Å². The molecule has 0 aliphatic carbocycles. The first kappa shape index (κ1) is 17.1. The topological polar surface area (TPSA) is 84.3 Å². The SMILES string of the molecule is CC(C)CNC(=O)C(C)NCCc1ccc([N+](=O)[O-])cc1. The van der Waals surface area contributed by atoms with Crippen molar-refractivity contribution < 1.29 is 9.72 Å². The van der Waals surface area contributed by atoms with E-state index in [0.29, 0.717) is 19.0 Å². The van der Waals surface area contributed by atoms with Crippen LogP contribution in [0.3, 0.4) is 0 Å². The van der Waals surface area contributed by atoms with Gasteiger partial charge in [-0.1, -0.05) is 26.0 Å². The fourth-order valence-corrected chi connectivity index (χ4v) is 1.77. The number of non-ortho nitro benzene ring substituents is 1. The molecule has 1 amide bonds. The fraction of sp³-hybridized carbons (Fsp3) is 0.533. The average Bonchev–Trinajstić information content (AvgIpc) is 2.45. The van der Waals surface area contributed by atoms with Crippen LogP contribution in [0.15, 0.2) is 24.3 Å². The van der Waals surface area contributed by atoms with Gasteiger partial charge in [0.15, 0.2) is 0 Å². The lowest BCUT2D eigenvalue weighted by atomic mass is 10.1. The van der Waals surface area contributed by atoms with Crippen LogP contribution >= 0.6 is 0 Å². The number of hydrogen-bond acceptors (Lipinski definition) is 4. The predicted molar refractivity (Wildman–Crippen MR) is 82.1 cm³/mol. The number of nitrogens with zero attached hydrogens (tertiary/aromatic N) is 1. The Bertz CT molecular complexity index is 472. The molecule has 0 fully saturated rings. The summed E-state index contributed by atoms with van der Waals surface area (Å²) in [4.78, 5) is 21.9. The molecule has 0 aliphatic heterocycles. The molecule has 0 spiro atoms. The van der Waals surface area contributed by atoms with E-state index < -0.39 is 4.92 Å². The molecule has 116 valence electrons. The number of nitrogens with one attached hydrogen (secondary N) is 2. The smallest absolute Gasteiger partial charge is 0.269 e. The highest BCUT2D eigenvalue weighted by Crippen LogP contribution is 2.11. The summed E-state index contributed by atoms with van der Waals surface area (Å²) in [6.45, 7) is 7.24. The van der Waals surface area contributed by atoms with Crippen molar-refractivity contribution in [1.29, 1.82) is 0 Å². The van der Waals surface area contributed by atoms with Crippen LogP contribution in [0.4, 0.5) is 5.69 Å². The molecule has 0 saturated carbocycles. The zero-order valence-corrected chi connectivity index (χ0v) is 12.8. The van der Waals surface area contributed by atoms with E-state index in [1.54, 1.807) is 12.1 Å². The highest BCUT2D eigenvalue weighted by Gasteiger charge is 2.11. The number of amides is 1. The number of nitro groups is 1. The molecule has 0 saturated heterocycles. The first-order chi connectivity index (χ1) is 9.90. The van der Waals surface area contributed by atoms with Crippen LogP contribution in [0.2, 0.25) is 0 Å². The molecule has 1 unspecified atom stereocenters. The van der Waals surface area contributed by atoms with Gasteiger partial charge >= 0.3 is 0 Å². The van der Waals surface area contributed by atoms with Crippen molar-refractivity contribution in [1.82, 2.24) is 10.6 Å². The Hall–Kier alpha value is -1.95. The van der Waals surface area contributed by atoms with Gasteiger partial charge in [0.25, 0.3) is 5.69 Å². The molecule has 6 nitrogen and oxygen atoms in total. The minimum atomic E-state index is -0.414. The molecule has 1 rings (SSSR count). The zero-order chi connectivity index (χ0) is 15.8. The van der Waals surface area contributed by atoms with E-state index in [1.165, 1.54) is 12.1 Å². The van der Waals surface area contributed by atoms with E-state index in [-0.39, 0.29) is 17.6 Å². The molecule has 0 heterocycles. The molecular weight excluding hydrogens is 270 g/mol. The Labute approximate surface area is 125 Å². The maximum Gasteiger partial charge on any atom is 0.269 e. The van der Waals surface area contributed by atoms with E-state index in [9.17, 15) is 14.9 Å². The normalized spacial score (nSPS) is 12.2. The van der Waals surface area contributed by atoms with Crippen molar-refractivity contribution >= 4 is 11.6 Å². The third-order valence-corrected chi connectivity index (χ3v) is 3.09. The second-order valence-electron chi connectivity index (χ2n) is 5.49. The van der Waals surface area contributed by atoms with Gasteiger partial charge in [0.05, 0.1) is 11.0 Å². The summed E-state index contributed by atoms with van der Waals surface area (Å²) in [6, 6.07) is 6.22. The van der Waals surface area contributed by atoms with Gasteiger partial charge in [-0.3, -0.25) is 14.9 Å². The van der Waals surface area contributed by atoms with Crippen LogP contribution in [0.5, 0.6) is 0 Å². The lowest BCUT2D eigenvalue weighted by Crippen LogP contribution is -2.43. The summed E-state index contributed by atoms with van der Waals surface area (Å²) < 4.78 is 0. The Morgan fingerprint density at radius 2 is 1.86 bits per heavy atom. The highest BCUT2D eigenvalue weighted by molar-refractivity contribution is 5.81. The lowest BCUT2D eigenvalue weighted by Gasteiger charge is -2.15. The Morgan fingerprint density at radius 1 is 1.24 bits per heavy atom. The van der Waals surface area contributed by atoms with Crippen molar-refractivity contribution in [2.75, 3.05) is 13.1 Å². The molecule has 0 radical (unpaired) electrons. The number of hydrogen-bond donors (Lipinski definition) is 2. The zero-order valence-electron chi connectivity index (χ0n) is 12.8. The molecular formula is C15H23N3O3. The molecule has 1 aromatic carbocycles. The minimum Gasteiger partial charge on any atom is -0.354 e. The van der Waals surface area contributed by atoms with E-state index in [2.05, 4.69) is 10.6 Å². The van der Waals surface area contributed by atoms with Crippen LogP contribution in [-0.4, -0.2) is 30.0 Å². The number of rotatable bonds is 8. The van der Waals surface area contributed by atoms with Crippen molar-refractivity contribution in [2.24, 2.45) is 5.92 Å². The van der Waals surface area contributed by atoms with Crippen molar-refractivity contribution in [2.45, 2.75) is 33.2 Å². The number of nitro benzene ring substituents is 1. The van der Waals surface area contributed by atoms with E-state index in [1.807, 2.05) is 20.8 Å².